The molecule has 12 heteroatoms. The number of H-pyrrole nitrogens is 4. The Morgan fingerprint density at radius 1 is 0.192 bits per heavy atom. The molecule has 8 unspecified atom stereocenters. The van der Waals surface area contributed by atoms with Crippen LogP contribution >= 0.6 is 0 Å². The number of hydrogen-bond donors (Lipinski definition) is 4. The van der Waals surface area contributed by atoms with Gasteiger partial charge in [-0.1, -0.05) is 289 Å². The molecule has 0 saturated carbocycles. The number of nitrogens with one attached hydrogen (secondary N) is 4. The van der Waals surface area contributed by atoms with Gasteiger partial charge in [-0.15, -0.1) is 0 Å². The minimum absolute atomic E-state index is 0.406. The first-order valence-corrected chi connectivity index (χ1v) is 48.6. The van der Waals surface area contributed by atoms with E-state index in [9.17, 15) is 0 Å². The molecule has 4 aromatic carbocycles. The summed E-state index contributed by atoms with van der Waals surface area (Å²) in [4.78, 5) is 16.7. The third-order valence-electron chi connectivity index (χ3n) is 26.0. The van der Waals surface area contributed by atoms with E-state index in [1.165, 1.54) is 25.7 Å². The molecule has 5 heterocycles. The molecule has 120 heavy (non-hydrogen) atoms. The minimum atomic E-state index is 0.406. The van der Waals surface area contributed by atoms with Gasteiger partial charge in [-0.05, 0) is 218 Å². The second kappa shape index (κ2) is 52.4. The van der Waals surface area contributed by atoms with Crippen LogP contribution in [0.5, 0.6) is 46.0 Å². The Balaban J connectivity index is 1.39. The molecule has 0 spiro atoms. The normalized spacial score (nSPS) is 14.3. The second-order valence-corrected chi connectivity index (χ2v) is 35.1. The zero-order chi connectivity index (χ0) is 85.4. The molecule has 8 aromatic rings. The molecule has 4 aromatic heterocycles. The Morgan fingerprint density at radius 2 is 0.358 bits per heavy atom. The Kier molecular flexibility index (Phi) is 41.8. The number of aromatic nitrogens is 4. The summed E-state index contributed by atoms with van der Waals surface area (Å²) in [7, 11) is 0. The molecule has 0 radical (unpaired) electrons. The summed E-state index contributed by atoms with van der Waals surface area (Å²) >= 11 is 0. The van der Waals surface area contributed by atoms with Crippen molar-refractivity contribution < 1.29 is 37.9 Å². The van der Waals surface area contributed by atoms with Crippen LogP contribution in [0.4, 0.5) is 0 Å². The summed E-state index contributed by atoms with van der Waals surface area (Å²) in [5.41, 5.74) is 11.6. The lowest BCUT2D eigenvalue weighted by atomic mass is 10.00. The molecular weight excluding hydrogens is 1480 g/mol. The zero-order valence-corrected chi connectivity index (χ0v) is 77.7. The highest BCUT2D eigenvalue weighted by Gasteiger charge is 2.26. The van der Waals surface area contributed by atoms with Crippen LogP contribution in [-0.4, -0.2) is 72.8 Å². The number of rotatable bonds is 60. The molecule has 1 aliphatic heterocycles. The van der Waals surface area contributed by atoms with Crippen molar-refractivity contribution in [2.75, 3.05) is 52.9 Å². The smallest absolute Gasteiger partial charge is 0.161 e. The molecule has 0 amide bonds. The third-order valence-corrected chi connectivity index (χ3v) is 26.0. The van der Waals surface area contributed by atoms with E-state index in [1.54, 1.807) is 0 Å². The first-order chi connectivity index (χ1) is 58.8. The SMILES string of the molecule is CCCCC(CC)COc1ccc(C2=c3ccc([nH]3)=C(c3ccc(OCC(CC)CCCC)c(OCC(CC)CCCC)c3)c3ccc([nH]3)C(c3ccc(OCC(CC)CCCC)c(OCC(CC)CCCC)c3)=c3ccc([nH]3)=C(c3ccc(OCC(CC)CCCC)c(OCC(CC)CCCC)c3)c3ccc2[nH]3)cc1OCC(CC)CCCC. The van der Waals surface area contributed by atoms with Gasteiger partial charge >= 0.3 is 0 Å². The maximum atomic E-state index is 7.18. The maximum absolute atomic E-state index is 7.18. The van der Waals surface area contributed by atoms with Gasteiger partial charge in [-0.25, -0.2) is 0 Å². The summed E-state index contributed by atoms with van der Waals surface area (Å²) in [6.07, 6.45) is 36.0. The van der Waals surface area contributed by atoms with Crippen molar-refractivity contribution in [3.63, 3.8) is 0 Å². The summed E-state index contributed by atoms with van der Waals surface area (Å²) in [6.45, 7) is 41.6. The van der Waals surface area contributed by atoms with Gasteiger partial charge in [0.1, 0.15) is 0 Å². The predicted octanol–water partition coefficient (Wildman–Crippen LogP) is 27.1. The molecule has 4 N–H and O–H groups in total. The highest BCUT2D eigenvalue weighted by Crippen LogP contribution is 2.41. The van der Waals surface area contributed by atoms with Crippen molar-refractivity contribution >= 4 is 22.3 Å². The van der Waals surface area contributed by atoms with Crippen molar-refractivity contribution in [3.8, 4) is 46.0 Å². The molecule has 0 aliphatic carbocycles. The molecule has 8 atom stereocenters. The van der Waals surface area contributed by atoms with E-state index in [0.29, 0.717) is 100 Å². The van der Waals surface area contributed by atoms with Crippen LogP contribution in [0.25, 0.3) is 22.3 Å². The third kappa shape index (κ3) is 28.0. The van der Waals surface area contributed by atoms with E-state index in [0.717, 1.165) is 314 Å². The van der Waals surface area contributed by atoms with E-state index in [-0.39, 0.29) is 0 Å². The largest absolute Gasteiger partial charge is 0.489 e. The van der Waals surface area contributed by atoms with Gasteiger partial charge in [-0.3, -0.25) is 0 Å². The quantitative estimate of drug-likeness (QED) is 0.0296. The topological polar surface area (TPSA) is 137 Å². The van der Waals surface area contributed by atoms with Crippen molar-refractivity contribution in [1.82, 2.24) is 19.9 Å². The summed E-state index contributed by atoms with van der Waals surface area (Å²) < 4.78 is 56.6. The van der Waals surface area contributed by atoms with Crippen LogP contribution in [-0.2, 0) is 0 Å². The van der Waals surface area contributed by atoms with Crippen LogP contribution in [0.2, 0.25) is 0 Å². The lowest BCUT2D eigenvalue weighted by molar-refractivity contribution is 0.199. The molecule has 660 valence electrons. The fourth-order valence-corrected chi connectivity index (χ4v) is 17.0. The van der Waals surface area contributed by atoms with Crippen LogP contribution < -0.4 is 59.3 Å². The molecule has 0 saturated heterocycles. The van der Waals surface area contributed by atoms with E-state index < -0.39 is 0 Å². The zero-order valence-electron chi connectivity index (χ0n) is 77.7. The summed E-state index contributed by atoms with van der Waals surface area (Å²) in [6, 6.07) is 44.8. The molecular formula is C108H160N4O8. The van der Waals surface area contributed by atoms with Crippen LogP contribution in [0, 0.1) is 47.3 Å². The predicted molar refractivity (Wildman–Crippen MR) is 504 cm³/mol. The first kappa shape index (κ1) is 95.7. The van der Waals surface area contributed by atoms with Gasteiger partial charge in [0.25, 0.3) is 0 Å². The van der Waals surface area contributed by atoms with Crippen molar-refractivity contribution in [3.05, 3.63) is 188 Å². The van der Waals surface area contributed by atoms with Gasteiger partial charge < -0.3 is 57.8 Å². The Bertz CT molecular complexity index is 3960. The number of hydrogen-bond acceptors (Lipinski definition) is 8. The molecule has 9 rings (SSSR count). The lowest BCUT2D eigenvalue weighted by Crippen LogP contribution is -2.19. The van der Waals surface area contributed by atoms with Gasteiger partial charge in [-0.2, -0.15) is 0 Å². The molecule has 0 fully saturated rings. The van der Waals surface area contributed by atoms with Crippen molar-refractivity contribution in [2.24, 2.45) is 47.3 Å². The number of fused-ring (bicyclic) bond motifs is 8. The van der Waals surface area contributed by atoms with Crippen molar-refractivity contribution in [2.45, 2.75) is 316 Å². The number of benzene rings is 4. The van der Waals surface area contributed by atoms with Gasteiger partial charge in [0.15, 0.2) is 46.0 Å². The number of ether oxygens (including phenoxy) is 8. The van der Waals surface area contributed by atoms with E-state index >= 15 is 0 Å². The van der Waals surface area contributed by atoms with Gasteiger partial charge in [0, 0.05) is 66.5 Å². The van der Waals surface area contributed by atoms with Crippen LogP contribution in [0.1, 0.15) is 361 Å². The number of unbranched alkanes of at least 4 members (excludes halogenated alkanes) is 8. The Morgan fingerprint density at radius 3 is 0.517 bits per heavy atom. The molecule has 12 nitrogen and oxygen atoms in total. The van der Waals surface area contributed by atoms with Crippen LogP contribution in [0.3, 0.4) is 0 Å². The lowest BCUT2D eigenvalue weighted by Gasteiger charge is -2.21. The maximum Gasteiger partial charge on any atom is 0.161 e. The monoisotopic (exact) mass is 1640 g/mol. The van der Waals surface area contributed by atoms with Crippen LogP contribution in [0.15, 0.2) is 121 Å². The summed E-state index contributed by atoms with van der Waals surface area (Å²) in [5, 5.41) is 3.73. The van der Waals surface area contributed by atoms with Crippen molar-refractivity contribution in [1.29, 1.82) is 0 Å². The van der Waals surface area contributed by atoms with E-state index in [4.69, 9.17) is 37.9 Å². The standard InChI is InChI=1S/C108H160N4O8/c1-17-33-41-77(25-9)69-113-97-61-49-85(65-101(97)117-73-81(29-13)45-37-21-5)105-89-53-55-91(109-89)106(86-50-62-98(114-70-78(26-10)42-34-18-2)102(66-86)118-74-82(30-14)46-38-22-6)93-57-59-95(111-93)108(88-52-64-100(116-72-80(28-12)44-36-20-4)104(68-88)120-76-84(32-16)48-40-24-8)96-60-58-94(112-96)107(92-56-54-90(105)110-92)87-51-63-99(115-71-79(27-11)43-35-19-3)103(67-87)119-75-83(31-15)47-39-23-7/h49-68,77-84,109-112H,17-48,69-76H2,1-16H3. The summed E-state index contributed by atoms with van der Waals surface area (Å²) in [5.74, 6) is 9.55. The first-order valence-electron chi connectivity index (χ1n) is 48.6. The second-order valence-electron chi connectivity index (χ2n) is 35.1. The Hall–Kier alpha value is -8.12. The highest BCUT2D eigenvalue weighted by atomic mass is 16.5. The number of aromatic amines is 4. The van der Waals surface area contributed by atoms with E-state index in [1.807, 2.05) is 0 Å². The van der Waals surface area contributed by atoms with Gasteiger partial charge in [0.05, 0.1) is 52.9 Å². The Labute approximate surface area is 726 Å². The van der Waals surface area contributed by atoms with Gasteiger partial charge in [0.2, 0.25) is 0 Å². The van der Waals surface area contributed by atoms with E-state index in [2.05, 4.69) is 252 Å². The molecule has 1 aliphatic rings. The fourth-order valence-electron chi connectivity index (χ4n) is 17.0. The average Bonchev–Trinajstić information content (AvgIpc) is 1.60. The average molecular weight is 1640 g/mol. The molecule has 8 bridgehead atoms. The highest BCUT2D eigenvalue weighted by molar-refractivity contribution is 5.86. The fraction of sp³-hybridized carbons (Fsp3) is 0.593. The minimum Gasteiger partial charge on any atom is -0.489 e.